The lowest BCUT2D eigenvalue weighted by Gasteiger charge is -2.22. The molecule has 2 atom stereocenters. The van der Waals surface area contributed by atoms with Crippen molar-refractivity contribution in [3.8, 4) is 10.4 Å². The van der Waals surface area contributed by atoms with Gasteiger partial charge in [-0.2, -0.15) is 13.2 Å². The lowest BCUT2D eigenvalue weighted by atomic mass is 9.95. The fraction of sp³-hybridized carbons (Fsp3) is 0.417. The minimum absolute atomic E-state index is 0.0978. The molecule has 0 saturated heterocycles. The van der Waals surface area contributed by atoms with Crippen LogP contribution in [0.25, 0.3) is 10.4 Å². The number of rotatable bonds is 6. The summed E-state index contributed by atoms with van der Waals surface area (Å²) in [5.74, 6) is -0.313. The molecule has 2 aliphatic rings. The van der Waals surface area contributed by atoms with E-state index in [1.807, 2.05) is 25.1 Å². The van der Waals surface area contributed by atoms with Gasteiger partial charge in [0.05, 0.1) is 23.1 Å². The standard InChI is InChI=1S/C24H23F3N4O3S/c1-3-34-20(32)18-14-9-23(33,10-15(14)18)21-29-11-16(35-21)13-6-4-5-12(2)19(13)31-22-28-8-7-17(30-22)24(25,26)27/h4-8,11,14-15,18,33H,3,9-10H2,1-2H3,(H,28,30,31). The number of aliphatic hydroxyl groups is 1. The number of esters is 1. The van der Waals surface area contributed by atoms with Crippen LogP contribution in [0.4, 0.5) is 24.8 Å². The van der Waals surface area contributed by atoms with Crippen molar-refractivity contribution in [2.75, 3.05) is 11.9 Å². The van der Waals surface area contributed by atoms with Crippen molar-refractivity contribution in [2.24, 2.45) is 17.8 Å². The molecular weight excluding hydrogens is 481 g/mol. The summed E-state index contributed by atoms with van der Waals surface area (Å²) in [5, 5.41) is 14.8. The van der Waals surface area contributed by atoms with Gasteiger partial charge in [0.25, 0.3) is 0 Å². The summed E-state index contributed by atoms with van der Waals surface area (Å²) in [7, 11) is 0. The highest BCUT2D eigenvalue weighted by molar-refractivity contribution is 7.15. The van der Waals surface area contributed by atoms with E-state index in [4.69, 9.17) is 4.74 Å². The summed E-state index contributed by atoms with van der Waals surface area (Å²) < 4.78 is 44.4. The molecule has 2 aromatic heterocycles. The molecule has 2 fully saturated rings. The molecule has 35 heavy (non-hydrogen) atoms. The van der Waals surface area contributed by atoms with Gasteiger partial charge in [-0.1, -0.05) is 18.2 Å². The lowest BCUT2D eigenvalue weighted by Crippen LogP contribution is -2.26. The van der Waals surface area contributed by atoms with Crippen molar-refractivity contribution in [1.82, 2.24) is 15.0 Å². The molecule has 184 valence electrons. The number of anilines is 2. The Labute approximate surface area is 203 Å². The molecule has 3 aromatic rings. The van der Waals surface area contributed by atoms with Gasteiger partial charge in [-0.05, 0) is 50.2 Å². The first kappa shape index (κ1) is 23.7. The Hall–Kier alpha value is -3.05. The number of hydrogen-bond acceptors (Lipinski definition) is 8. The molecule has 2 saturated carbocycles. The second-order valence-electron chi connectivity index (χ2n) is 8.96. The summed E-state index contributed by atoms with van der Waals surface area (Å²) in [6.45, 7) is 3.94. The van der Waals surface area contributed by atoms with Gasteiger partial charge in [-0.3, -0.25) is 4.79 Å². The number of carbonyl (C=O) groups excluding carboxylic acids is 1. The second kappa shape index (κ2) is 8.56. The molecule has 2 N–H and O–H groups in total. The summed E-state index contributed by atoms with van der Waals surface area (Å²) in [6, 6.07) is 6.31. The highest BCUT2D eigenvalue weighted by atomic mass is 32.1. The van der Waals surface area contributed by atoms with Crippen molar-refractivity contribution >= 4 is 28.9 Å². The van der Waals surface area contributed by atoms with E-state index in [9.17, 15) is 23.1 Å². The van der Waals surface area contributed by atoms with Gasteiger partial charge in [0, 0.05) is 18.0 Å². The molecule has 2 aliphatic carbocycles. The van der Waals surface area contributed by atoms with Gasteiger partial charge in [0.15, 0.2) is 0 Å². The van der Waals surface area contributed by atoms with E-state index < -0.39 is 17.5 Å². The minimum atomic E-state index is -4.58. The summed E-state index contributed by atoms with van der Waals surface area (Å²) in [4.78, 5) is 24.8. The Morgan fingerprint density at radius 2 is 2.00 bits per heavy atom. The zero-order valence-electron chi connectivity index (χ0n) is 19.0. The van der Waals surface area contributed by atoms with Crippen LogP contribution in [0.15, 0.2) is 36.7 Å². The van der Waals surface area contributed by atoms with Crippen LogP contribution < -0.4 is 5.32 Å². The van der Waals surface area contributed by atoms with E-state index in [-0.39, 0.29) is 29.7 Å². The molecule has 0 bridgehead atoms. The summed E-state index contributed by atoms with van der Waals surface area (Å²) >= 11 is 1.33. The zero-order valence-corrected chi connectivity index (χ0v) is 19.8. The maximum absolute atomic E-state index is 13.1. The molecular formula is C24H23F3N4O3S. The molecule has 0 aliphatic heterocycles. The first-order valence-electron chi connectivity index (χ1n) is 11.2. The SMILES string of the molecule is CCOC(=O)C1C2CC(O)(c3ncc(-c4cccc(C)c4Nc4nccc(C(F)(F)F)n4)s3)CC21. The van der Waals surface area contributed by atoms with Crippen molar-refractivity contribution < 1.29 is 27.8 Å². The molecule has 0 spiro atoms. The lowest BCUT2D eigenvalue weighted by molar-refractivity contribution is -0.146. The highest BCUT2D eigenvalue weighted by Gasteiger charge is 2.65. The number of halogens is 3. The van der Waals surface area contributed by atoms with Gasteiger partial charge in [0.2, 0.25) is 5.95 Å². The second-order valence-corrected chi connectivity index (χ2v) is 9.99. The summed E-state index contributed by atoms with van der Waals surface area (Å²) in [5.41, 5.74) is -0.0792. The number of alkyl halides is 3. The van der Waals surface area contributed by atoms with E-state index in [0.29, 0.717) is 35.7 Å². The van der Waals surface area contributed by atoms with Gasteiger partial charge in [-0.25, -0.2) is 15.0 Å². The van der Waals surface area contributed by atoms with Crippen LogP contribution in [-0.4, -0.2) is 32.6 Å². The number of carbonyl (C=O) groups is 1. The Balaban J connectivity index is 1.38. The van der Waals surface area contributed by atoms with Crippen LogP contribution in [0, 0.1) is 24.7 Å². The number of aryl methyl sites for hydroxylation is 1. The Bertz CT molecular complexity index is 1270. The number of nitrogens with zero attached hydrogens (tertiary/aromatic N) is 3. The predicted octanol–water partition coefficient (Wildman–Crippen LogP) is 5.08. The van der Waals surface area contributed by atoms with Gasteiger partial charge >= 0.3 is 12.1 Å². The van der Waals surface area contributed by atoms with Crippen LogP contribution >= 0.6 is 11.3 Å². The van der Waals surface area contributed by atoms with Crippen LogP contribution in [0.5, 0.6) is 0 Å². The number of aromatic nitrogens is 3. The minimum Gasteiger partial charge on any atom is -0.466 e. The summed E-state index contributed by atoms with van der Waals surface area (Å²) in [6.07, 6.45) is -0.969. The largest absolute Gasteiger partial charge is 0.466 e. The molecule has 0 amide bonds. The molecule has 1 aromatic carbocycles. The Kier molecular flexibility index (Phi) is 5.79. The number of benzene rings is 1. The number of hydrogen-bond donors (Lipinski definition) is 2. The third-order valence-corrected chi connectivity index (χ3v) is 7.89. The third kappa shape index (κ3) is 4.38. The maximum Gasteiger partial charge on any atom is 0.433 e. The van der Waals surface area contributed by atoms with E-state index >= 15 is 0 Å². The Morgan fingerprint density at radius 3 is 2.69 bits per heavy atom. The fourth-order valence-corrected chi connectivity index (χ4v) is 6.02. The molecule has 11 heteroatoms. The third-order valence-electron chi connectivity index (χ3n) is 6.66. The average Bonchev–Trinajstić information content (AvgIpc) is 3.14. The average molecular weight is 505 g/mol. The zero-order chi connectivity index (χ0) is 25.0. The smallest absolute Gasteiger partial charge is 0.433 e. The van der Waals surface area contributed by atoms with Gasteiger partial charge < -0.3 is 15.2 Å². The van der Waals surface area contributed by atoms with Crippen molar-refractivity contribution in [2.45, 2.75) is 38.5 Å². The Morgan fingerprint density at radius 1 is 1.26 bits per heavy atom. The molecule has 5 rings (SSSR count). The highest BCUT2D eigenvalue weighted by Crippen LogP contribution is 2.64. The number of nitrogens with one attached hydrogen (secondary N) is 1. The van der Waals surface area contributed by atoms with Crippen molar-refractivity contribution in [3.63, 3.8) is 0 Å². The topological polar surface area (TPSA) is 97.2 Å². The fourth-order valence-electron chi connectivity index (χ4n) is 4.97. The van der Waals surface area contributed by atoms with E-state index in [1.54, 1.807) is 13.1 Å². The van der Waals surface area contributed by atoms with Crippen LogP contribution in [-0.2, 0) is 21.3 Å². The van der Waals surface area contributed by atoms with Crippen LogP contribution in [0.1, 0.15) is 36.0 Å². The van der Waals surface area contributed by atoms with Gasteiger partial charge in [0.1, 0.15) is 16.3 Å². The van der Waals surface area contributed by atoms with E-state index in [1.165, 1.54) is 11.3 Å². The first-order valence-corrected chi connectivity index (χ1v) is 12.0. The number of thiazole rings is 1. The molecule has 7 nitrogen and oxygen atoms in total. The van der Waals surface area contributed by atoms with Crippen molar-refractivity contribution in [1.29, 1.82) is 0 Å². The molecule has 0 radical (unpaired) electrons. The van der Waals surface area contributed by atoms with Gasteiger partial charge in [-0.15, -0.1) is 11.3 Å². The molecule has 2 heterocycles. The first-order chi connectivity index (χ1) is 16.6. The predicted molar refractivity (Wildman–Crippen MR) is 123 cm³/mol. The number of fused-ring (bicyclic) bond motifs is 1. The molecule has 2 unspecified atom stereocenters. The van der Waals surface area contributed by atoms with E-state index in [0.717, 1.165) is 22.7 Å². The normalized spacial score (nSPS) is 25.3. The number of para-hydroxylation sites is 1. The quantitative estimate of drug-likeness (QED) is 0.452. The van der Waals surface area contributed by atoms with Crippen LogP contribution in [0.2, 0.25) is 0 Å². The van der Waals surface area contributed by atoms with Crippen LogP contribution in [0.3, 0.4) is 0 Å². The van der Waals surface area contributed by atoms with Crippen molar-refractivity contribution in [3.05, 3.63) is 52.9 Å². The van der Waals surface area contributed by atoms with E-state index in [2.05, 4.69) is 20.3 Å². The monoisotopic (exact) mass is 504 g/mol. The maximum atomic E-state index is 13.1. The number of ether oxygens (including phenoxy) is 1.